The number of nitrogen functional groups attached to an aromatic ring is 1. The molecule has 0 aliphatic carbocycles. The number of nitrogens with two attached hydrogens (primary N) is 2. The summed E-state index contributed by atoms with van der Waals surface area (Å²) >= 11 is 1.92. The molecule has 0 atom stereocenters. The summed E-state index contributed by atoms with van der Waals surface area (Å²) in [5.41, 5.74) is 7.01. The third-order valence-corrected chi connectivity index (χ3v) is 5.22. The van der Waals surface area contributed by atoms with Crippen LogP contribution in [0, 0.1) is 0 Å². The van der Waals surface area contributed by atoms with Gasteiger partial charge in [-0.2, -0.15) is 11.8 Å². The minimum atomic E-state index is -3.73. The fourth-order valence-electron chi connectivity index (χ4n) is 2.19. The molecule has 1 saturated heterocycles. The van der Waals surface area contributed by atoms with Crippen LogP contribution in [0.3, 0.4) is 0 Å². The lowest BCUT2D eigenvalue weighted by atomic mass is 10.1. The highest BCUT2D eigenvalue weighted by atomic mass is 32.2. The number of anilines is 2. The molecular weight excluding hydrogens is 282 g/mol. The Morgan fingerprint density at radius 3 is 2.58 bits per heavy atom. The van der Waals surface area contributed by atoms with E-state index in [-0.39, 0.29) is 9.64 Å². The lowest BCUT2D eigenvalue weighted by Gasteiger charge is -2.39. The third kappa shape index (κ3) is 3.55. The Morgan fingerprint density at radius 2 is 2.00 bits per heavy atom. The Morgan fingerprint density at radius 1 is 1.32 bits per heavy atom. The maximum atomic E-state index is 11.4. The van der Waals surface area contributed by atoms with Crippen LogP contribution in [0.2, 0.25) is 0 Å². The highest BCUT2D eigenvalue weighted by Crippen LogP contribution is 2.33. The molecule has 5 nitrogen and oxygen atoms in total. The number of thioether (sulfide) groups is 1. The molecule has 0 radical (unpaired) electrons. The predicted octanol–water partition coefficient (Wildman–Crippen LogP) is 1.25. The van der Waals surface area contributed by atoms with E-state index in [1.165, 1.54) is 6.07 Å². The number of hydrogen-bond donors (Lipinski definition) is 2. The molecule has 4 N–H and O–H groups in total. The summed E-state index contributed by atoms with van der Waals surface area (Å²) in [6.45, 7) is 6.08. The number of hydrogen-bond acceptors (Lipinski definition) is 5. The molecule has 0 amide bonds. The summed E-state index contributed by atoms with van der Waals surface area (Å²) < 4.78 is 23.0. The molecule has 0 aromatic heterocycles. The van der Waals surface area contributed by atoms with Gasteiger partial charge in [-0.25, -0.2) is 13.6 Å². The molecule has 0 bridgehead atoms. The van der Waals surface area contributed by atoms with Crippen molar-refractivity contribution in [1.82, 2.24) is 0 Å². The van der Waals surface area contributed by atoms with Crippen LogP contribution in [0.25, 0.3) is 0 Å². The molecule has 1 fully saturated rings. The average molecular weight is 301 g/mol. The summed E-state index contributed by atoms with van der Waals surface area (Å²) in [5, 5.41) is 5.17. The topological polar surface area (TPSA) is 89.4 Å². The van der Waals surface area contributed by atoms with Crippen molar-refractivity contribution >= 4 is 33.2 Å². The largest absolute Gasteiger partial charge is 0.399 e. The molecule has 1 aromatic carbocycles. The van der Waals surface area contributed by atoms with Gasteiger partial charge in [0.15, 0.2) is 0 Å². The van der Waals surface area contributed by atoms with Gasteiger partial charge in [-0.05, 0) is 32.0 Å². The van der Waals surface area contributed by atoms with Crippen LogP contribution < -0.4 is 15.8 Å². The van der Waals surface area contributed by atoms with Crippen LogP contribution in [-0.4, -0.2) is 32.0 Å². The first-order chi connectivity index (χ1) is 8.67. The van der Waals surface area contributed by atoms with Crippen LogP contribution in [0.4, 0.5) is 11.4 Å². The Hall–Kier alpha value is -0.920. The lowest BCUT2D eigenvalue weighted by Crippen LogP contribution is -2.43. The zero-order valence-electron chi connectivity index (χ0n) is 11.1. The van der Waals surface area contributed by atoms with Gasteiger partial charge in [-0.15, -0.1) is 0 Å². The molecule has 1 heterocycles. The first-order valence-electron chi connectivity index (χ1n) is 6.00. The standard InChI is InChI=1S/C12H19N3O2S2/c1-12(2)8-15(3-4-18-12)10-5-9(13)6-11(7-10)19(14,16)17/h5-7H,3-4,8,13H2,1-2H3,(H2,14,16,17). The number of primary sulfonamides is 1. The minimum Gasteiger partial charge on any atom is -0.399 e. The summed E-state index contributed by atoms with van der Waals surface area (Å²) in [5.74, 6) is 1.01. The number of sulfonamides is 1. The van der Waals surface area contributed by atoms with Crippen molar-refractivity contribution in [2.45, 2.75) is 23.5 Å². The molecule has 0 spiro atoms. The molecule has 106 valence electrons. The van der Waals surface area contributed by atoms with E-state index in [2.05, 4.69) is 18.7 Å². The van der Waals surface area contributed by atoms with Gasteiger partial charge >= 0.3 is 0 Å². The summed E-state index contributed by atoms with van der Waals surface area (Å²) in [4.78, 5) is 2.22. The van der Waals surface area contributed by atoms with Crippen molar-refractivity contribution in [3.63, 3.8) is 0 Å². The monoisotopic (exact) mass is 301 g/mol. The van der Waals surface area contributed by atoms with Gasteiger partial charge < -0.3 is 10.6 Å². The Kier molecular flexibility index (Phi) is 3.72. The Bertz CT molecular complexity index is 585. The maximum Gasteiger partial charge on any atom is 0.238 e. The highest BCUT2D eigenvalue weighted by molar-refractivity contribution is 8.00. The second-order valence-corrected chi connectivity index (χ2v) is 8.70. The summed E-state index contributed by atoms with van der Waals surface area (Å²) in [6, 6.07) is 4.78. The van der Waals surface area contributed by atoms with E-state index in [1.54, 1.807) is 12.1 Å². The normalized spacial score (nSPS) is 19.4. The van der Waals surface area contributed by atoms with Crippen molar-refractivity contribution < 1.29 is 8.42 Å². The van der Waals surface area contributed by atoms with Gasteiger partial charge in [0.1, 0.15) is 0 Å². The molecule has 7 heteroatoms. The number of nitrogens with zero attached hydrogens (tertiary/aromatic N) is 1. The first-order valence-corrected chi connectivity index (χ1v) is 8.53. The summed E-state index contributed by atoms with van der Waals surface area (Å²) in [7, 11) is -3.73. The second kappa shape index (κ2) is 4.88. The Balaban J connectivity index is 2.37. The molecule has 1 aliphatic rings. The quantitative estimate of drug-likeness (QED) is 0.802. The number of benzene rings is 1. The van der Waals surface area contributed by atoms with Crippen molar-refractivity contribution in [1.29, 1.82) is 0 Å². The van der Waals surface area contributed by atoms with E-state index >= 15 is 0 Å². The van der Waals surface area contributed by atoms with E-state index in [0.717, 1.165) is 24.5 Å². The SMILES string of the molecule is CC1(C)CN(c2cc(N)cc(S(N)(=O)=O)c2)CCS1. The van der Waals surface area contributed by atoms with Crippen LogP contribution in [0.1, 0.15) is 13.8 Å². The molecule has 0 unspecified atom stereocenters. The van der Waals surface area contributed by atoms with Crippen LogP contribution >= 0.6 is 11.8 Å². The van der Waals surface area contributed by atoms with Gasteiger partial charge in [0, 0.05) is 35.0 Å². The zero-order valence-corrected chi connectivity index (χ0v) is 12.7. The fourth-order valence-corrected chi connectivity index (χ4v) is 3.89. The van der Waals surface area contributed by atoms with E-state index in [0.29, 0.717) is 5.69 Å². The van der Waals surface area contributed by atoms with Gasteiger partial charge in [0.25, 0.3) is 0 Å². The van der Waals surface area contributed by atoms with Gasteiger partial charge in [0.2, 0.25) is 10.0 Å². The number of rotatable bonds is 2. The van der Waals surface area contributed by atoms with Crippen molar-refractivity contribution in [2.24, 2.45) is 5.14 Å². The smallest absolute Gasteiger partial charge is 0.238 e. The minimum absolute atomic E-state index is 0.0681. The van der Waals surface area contributed by atoms with Crippen LogP contribution in [0.5, 0.6) is 0 Å². The molecule has 19 heavy (non-hydrogen) atoms. The summed E-state index contributed by atoms with van der Waals surface area (Å²) in [6.07, 6.45) is 0. The zero-order chi connectivity index (χ0) is 14.3. The van der Waals surface area contributed by atoms with E-state index < -0.39 is 10.0 Å². The van der Waals surface area contributed by atoms with Crippen LogP contribution in [0.15, 0.2) is 23.1 Å². The van der Waals surface area contributed by atoms with Crippen molar-refractivity contribution in [3.8, 4) is 0 Å². The van der Waals surface area contributed by atoms with Gasteiger partial charge in [-0.1, -0.05) is 0 Å². The lowest BCUT2D eigenvalue weighted by molar-refractivity contribution is 0.597. The molecular formula is C12H19N3O2S2. The highest BCUT2D eigenvalue weighted by Gasteiger charge is 2.27. The van der Waals surface area contributed by atoms with E-state index in [1.807, 2.05) is 11.8 Å². The molecule has 1 aliphatic heterocycles. The Labute approximate surface area is 118 Å². The van der Waals surface area contributed by atoms with Gasteiger partial charge in [0.05, 0.1) is 4.90 Å². The molecule has 0 saturated carbocycles. The molecule has 1 aromatic rings. The van der Waals surface area contributed by atoms with E-state index in [4.69, 9.17) is 10.9 Å². The first kappa shape index (κ1) is 14.5. The van der Waals surface area contributed by atoms with Crippen LogP contribution in [-0.2, 0) is 10.0 Å². The van der Waals surface area contributed by atoms with E-state index in [9.17, 15) is 8.42 Å². The van der Waals surface area contributed by atoms with Gasteiger partial charge in [-0.3, -0.25) is 0 Å². The molecule has 2 rings (SSSR count). The van der Waals surface area contributed by atoms with Crippen molar-refractivity contribution in [2.75, 3.05) is 29.5 Å². The third-order valence-electron chi connectivity index (χ3n) is 3.03. The average Bonchev–Trinajstić information content (AvgIpc) is 2.25. The predicted molar refractivity (Wildman–Crippen MR) is 81.0 cm³/mol. The maximum absolute atomic E-state index is 11.4. The second-order valence-electron chi connectivity index (χ2n) is 5.33. The van der Waals surface area contributed by atoms with Crippen molar-refractivity contribution in [3.05, 3.63) is 18.2 Å². The fraction of sp³-hybridized carbons (Fsp3) is 0.500.